The van der Waals surface area contributed by atoms with Gasteiger partial charge in [-0.25, -0.2) is 0 Å². The predicted molar refractivity (Wildman–Crippen MR) is 92.3 cm³/mol. The second kappa shape index (κ2) is 7.72. The summed E-state index contributed by atoms with van der Waals surface area (Å²) < 4.78 is 0. The Kier molecular flexibility index (Phi) is 5.68. The Morgan fingerprint density at radius 3 is 2.43 bits per heavy atom. The molecule has 0 saturated carbocycles. The molecule has 0 aliphatic carbocycles. The summed E-state index contributed by atoms with van der Waals surface area (Å²) in [6.45, 7) is 7.16. The number of amides is 2. The highest BCUT2D eigenvalue weighted by molar-refractivity contribution is 6.01. The number of para-hydroxylation sites is 1. The molecule has 0 bridgehead atoms. The van der Waals surface area contributed by atoms with Crippen molar-refractivity contribution in [3.05, 3.63) is 36.5 Å². The molecule has 2 aromatic rings. The Labute approximate surface area is 136 Å². The summed E-state index contributed by atoms with van der Waals surface area (Å²) in [5, 5.41) is 0.978. The third kappa shape index (κ3) is 3.86. The molecule has 23 heavy (non-hydrogen) atoms. The first kappa shape index (κ1) is 16.9. The SMILES string of the molecule is CCN(CC)C(=O)CCN(C(C)=O)c1cccc2cccnc12. The number of carbonyl (C=O) groups excluding carboxylic acids is 2. The van der Waals surface area contributed by atoms with Gasteiger partial charge in [-0.2, -0.15) is 0 Å². The van der Waals surface area contributed by atoms with Crippen LogP contribution in [0.2, 0.25) is 0 Å². The Balaban J connectivity index is 2.25. The lowest BCUT2D eigenvalue weighted by Gasteiger charge is -2.24. The molecule has 122 valence electrons. The first-order chi connectivity index (χ1) is 11.1. The van der Waals surface area contributed by atoms with Gasteiger partial charge < -0.3 is 9.80 Å². The fourth-order valence-electron chi connectivity index (χ4n) is 2.70. The summed E-state index contributed by atoms with van der Waals surface area (Å²) in [5.74, 6) is -0.0232. The van der Waals surface area contributed by atoms with Crippen molar-refractivity contribution in [1.82, 2.24) is 9.88 Å². The zero-order chi connectivity index (χ0) is 16.8. The monoisotopic (exact) mass is 313 g/mol. The molecule has 0 N–H and O–H groups in total. The van der Waals surface area contributed by atoms with E-state index in [1.54, 1.807) is 16.0 Å². The molecule has 0 aliphatic rings. The van der Waals surface area contributed by atoms with Crippen LogP contribution in [-0.2, 0) is 9.59 Å². The molecule has 0 unspecified atom stereocenters. The maximum absolute atomic E-state index is 12.2. The van der Waals surface area contributed by atoms with Gasteiger partial charge in [0.1, 0.15) is 0 Å². The van der Waals surface area contributed by atoms with Crippen molar-refractivity contribution in [2.45, 2.75) is 27.2 Å². The van der Waals surface area contributed by atoms with Gasteiger partial charge >= 0.3 is 0 Å². The molecular formula is C18H23N3O2. The van der Waals surface area contributed by atoms with Crippen LogP contribution in [0.4, 0.5) is 5.69 Å². The molecule has 2 amide bonds. The van der Waals surface area contributed by atoms with Gasteiger partial charge in [-0.1, -0.05) is 18.2 Å². The van der Waals surface area contributed by atoms with Gasteiger partial charge in [0.2, 0.25) is 11.8 Å². The van der Waals surface area contributed by atoms with Gasteiger partial charge in [0, 0.05) is 44.6 Å². The van der Waals surface area contributed by atoms with Gasteiger partial charge in [-0.15, -0.1) is 0 Å². The average molecular weight is 313 g/mol. The lowest BCUT2D eigenvalue weighted by atomic mass is 10.1. The minimum atomic E-state index is -0.0875. The van der Waals surface area contributed by atoms with E-state index in [9.17, 15) is 9.59 Å². The number of benzene rings is 1. The van der Waals surface area contributed by atoms with E-state index in [0.717, 1.165) is 16.6 Å². The van der Waals surface area contributed by atoms with Crippen LogP contribution in [0.5, 0.6) is 0 Å². The van der Waals surface area contributed by atoms with Crippen molar-refractivity contribution < 1.29 is 9.59 Å². The molecule has 1 aromatic carbocycles. The molecule has 0 saturated heterocycles. The summed E-state index contributed by atoms with van der Waals surface area (Å²) in [6, 6.07) is 9.57. The maximum Gasteiger partial charge on any atom is 0.224 e. The quantitative estimate of drug-likeness (QED) is 0.824. The number of hydrogen-bond donors (Lipinski definition) is 0. The highest BCUT2D eigenvalue weighted by Gasteiger charge is 2.18. The molecule has 0 aliphatic heterocycles. The van der Waals surface area contributed by atoms with Gasteiger partial charge in [-0.05, 0) is 26.0 Å². The highest BCUT2D eigenvalue weighted by Crippen LogP contribution is 2.25. The molecule has 1 aromatic heterocycles. The number of carbonyl (C=O) groups is 2. The summed E-state index contributed by atoms with van der Waals surface area (Å²) in [7, 11) is 0. The average Bonchev–Trinajstić information content (AvgIpc) is 2.56. The van der Waals surface area contributed by atoms with Crippen molar-refractivity contribution in [3.8, 4) is 0 Å². The zero-order valence-corrected chi connectivity index (χ0v) is 14.0. The van der Waals surface area contributed by atoms with Crippen LogP contribution in [0.15, 0.2) is 36.5 Å². The number of pyridine rings is 1. The van der Waals surface area contributed by atoms with Crippen LogP contribution in [0.25, 0.3) is 10.9 Å². The second-order valence-electron chi connectivity index (χ2n) is 5.34. The van der Waals surface area contributed by atoms with E-state index in [2.05, 4.69) is 4.98 Å². The van der Waals surface area contributed by atoms with E-state index in [1.165, 1.54) is 6.92 Å². The van der Waals surface area contributed by atoms with E-state index in [-0.39, 0.29) is 11.8 Å². The Morgan fingerprint density at radius 1 is 1.09 bits per heavy atom. The molecule has 0 fully saturated rings. The van der Waals surface area contributed by atoms with E-state index in [1.807, 2.05) is 44.2 Å². The number of rotatable bonds is 6. The number of hydrogen-bond acceptors (Lipinski definition) is 3. The van der Waals surface area contributed by atoms with Gasteiger partial charge in [0.15, 0.2) is 0 Å². The second-order valence-corrected chi connectivity index (χ2v) is 5.34. The topological polar surface area (TPSA) is 53.5 Å². The summed E-state index contributed by atoms with van der Waals surface area (Å²) in [4.78, 5) is 32.1. The summed E-state index contributed by atoms with van der Waals surface area (Å²) >= 11 is 0. The third-order valence-corrected chi connectivity index (χ3v) is 3.95. The smallest absolute Gasteiger partial charge is 0.224 e. The summed E-state index contributed by atoms with van der Waals surface area (Å²) in [5.41, 5.74) is 1.53. The Morgan fingerprint density at radius 2 is 1.78 bits per heavy atom. The van der Waals surface area contributed by atoms with Crippen molar-refractivity contribution >= 4 is 28.4 Å². The first-order valence-corrected chi connectivity index (χ1v) is 7.98. The lowest BCUT2D eigenvalue weighted by Crippen LogP contribution is -2.36. The van der Waals surface area contributed by atoms with Crippen molar-refractivity contribution in [2.75, 3.05) is 24.5 Å². The molecule has 0 radical (unpaired) electrons. The van der Waals surface area contributed by atoms with E-state index < -0.39 is 0 Å². The number of anilines is 1. The van der Waals surface area contributed by atoms with Crippen LogP contribution < -0.4 is 4.90 Å². The summed E-state index contributed by atoms with van der Waals surface area (Å²) in [6.07, 6.45) is 2.02. The van der Waals surface area contributed by atoms with Crippen LogP contribution in [0.1, 0.15) is 27.2 Å². The molecule has 1 heterocycles. The molecular weight excluding hydrogens is 290 g/mol. The maximum atomic E-state index is 12.2. The minimum Gasteiger partial charge on any atom is -0.343 e. The van der Waals surface area contributed by atoms with Crippen LogP contribution in [-0.4, -0.2) is 41.3 Å². The molecule has 2 rings (SSSR count). The van der Waals surface area contributed by atoms with E-state index in [0.29, 0.717) is 26.1 Å². The van der Waals surface area contributed by atoms with E-state index >= 15 is 0 Å². The molecule has 0 atom stereocenters. The van der Waals surface area contributed by atoms with Crippen LogP contribution in [0, 0.1) is 0 Å². The fourth-order valence-corrected chi connectivity index (χ4v) is 2.70. The largest absolute Gasteiger partial charge is 0.343 e. The minimum absolute atomic E-state index is 0.0643. The first-order valence-electron chi connectivity index (χ1n) is 7.98. The van der Waals surface area contributed by atoms with Crippen molar-refractivity contribution in [2.24, 2.45) is 0 Å². The standard InChI is InChI=1S/C18H23N3O2/c1-4-20(5-2)17(23)11-13-21(14(3)22)16-10-6-8-15-9-7-12-19-18(15)16/h6-10,12H,4-5,11,13H2,1-3H3. The van der Waals surface area contributed by atoms with Gasteiger partial charge in [-0.3, -0.25) is 14.6 Å². The fraction of sp³-hybridized carbons (Fsp3) is 0.389. The normalized spacial score (nSPS) is 10.6. The molecule has 5 heteroatoms. The Bertz CT molecular complexity index is 690. The molecule has 0 spiro atoms. The van der Waals surface area contributed by atoms with Crippen molar-refractivity contribution in [3.63, 3.8) is 0 Å². The lowest BCUT2D eigenvalue weighted by molar-refractivity contribution is -0.130. The number of fused-ring (bicyclic) bond motifs is 1. The van der Waals surface area contributed by atoms with Crippen LogP contribution in [0.3, 0.4) is 0 Å². The van der Waals surface area contributed by atoms with Gasteiger partial charge in [0.25, 0.3) is 0 Å². The van der Waals surface area contributed by atoms with Crippen LogP contribution >= 0.6 is 0 Å². The number of nitrogens with zero attached hydrogens (tertiary/aromatic N) is 3. The van der Waals surface area contributed by atoms with Gasteiger partial charge in [0.05, 0.1) is 11.2 Å². The Hall–Kier alpha value is -2.43. The highest BCUT2D eigenvalue weighted by atomic mass is 16.2. The third-order valence-electron chi connectivity index (χ3n) is 3.95. The number of aromatic nitrogens is 1. The molecule has 5 nitrogen and oxygen atoms in total. The van der Waals surface area contributed by atoms with E-state index in [4.69, 9.17) is 0 Å². The predicted octanol–water partition coefficient (Wildman–Crippen LogP) is 2.85. The zero-order valence-electron chi connectivity index (χ0n) is 14.0. The van der Waals surface area contributed by atoms with Crippen molar-refractivity contribution in [1.29, 1.82) is 0 Å².